The highest BCUT2D eigenvalue weighted by molar-refractivity contribution is 5.42. The van der Waals surface area contributed by atoms with Gasteiger partial charge in [0.1, 0.15) is 5.69 Å². The molecule has 1 aliphatic carbocycles. The molecule has 0 spiro atoms. The minimum Gasteiger partial charge on any atom is -0.402 e. The Hall–Kier alpha value is -3.66. The predicted molar refractivity (Wildman–Crippen MR) is 148 cm³/mol. The first-order chi connectivity index (χ1) is 17.9. The molecule has 1 aliphatic rings. The lowest BCUT2D eigenvalue weighted by atomic mass is 9.90. The number of pyridine rings is 1. The fraction of sp³-hybridized carbons (Fsp3) is 0.387. The van der Waals surface area contributed by atoms with E-state index in [4.69, 9.17) is 5.73 Å². The van der Waals surface area contributed by atoms with Crippen molar-refractivity contribution >= 4 is 0 Å². The number of alkyl halides is 3. The maximum atomic E-state index is 12.8. The van der Waals surface area contributed by atoms with E-state index in [1.54, 1.807) is 18.3 Å². The highest BCUT2D eigenvalue weighted by Gasteiger charge is 2.48. The zero-order valence-corrected chi connectivity index (χ0v) is 22.3. The van der Waals surface area contributed by atoms with Crippen LogP contribution in [0.2, 0.25) is 0 Å². The molecule has 0 amide bonds. The number of nitrogens with two attached hydrogens (primary N) is 1. The van der Waals surface area contributed by atoms with E-state index in [-0.39, 0.29) is 17.0 Å². The summed E-state index contributed by atoms with van der Waals surface area (Å²) in [6, 6.07) is 10.3. The van der Waals surface area contributed by atoms with Crippen molar-refractivity contribution < 1.29 is 13.2 Å². The van der Waals surface area contributed by atoms with Crippen LogP contribution < -0.4 is 11.1 Å². The Morgan fingerprint density at radius 3 is 2.42 bits per heavy atom. The van der Waals surface area contributed by atoms with Crippen molar-refractivity contribution in [2.45, 2.75) is 63.6 Å². The van der Waals surface area contributed by atoms with Crippen molar-refractivity contribution in [1.29, 1.82) is 0 Å². The predicted octanol–water partition coefficient (Wildman–Crippen LogP) is 6.14. The van der Waals surface area contributed by atoms with Crippen molar-refractivity contribution in [3.05, 3.63) is 102 Å². The van der Waals surface area contributed by atoms with Crippen LogP contribution in [0.3, 0.4) is 0 Å². The molecule has 1 aromatic heterocycles. The van der Waals surface area contributed by atoms with Gasteiger partial charge in [0.15, 0.2) is 0 Å². The van der Waals surface area contributed by atoms with Gasteiger partial charge in [0.25, 0.3) is 0 Å². The lowest BCUT2D eigenvalue weighted by molar-refractivity contribution is -0.127. The van der Waals surface area contributed by atoms with E-state index in [2.05, 4.69) is 53.7 Å². The molecule has 3 N–H and O–H groups in total. The molecular weight excluding hydrogens is 485 g/mol. The molecule has 38 heavy (non-hydrogen) atoms. The maximum absolute atomic E-state index is 12.8. The zero-order valence-electron chi connectivity index (χ0n) is 22.3. The number of hydrogen-bond acceptors (Lipinski definition) is 4. The normalized spacial score (nSPS) is 14.6. The molecule has 202 valence electrons. The Morgan fingerprint density at radius 1 is 1.18 bits per heavy atom. The first kappa shape index (κ1) is 28.9. The summed E-state index contributed by atoms with van der Waals surface area (Å²) in [5, 5.41) is 3.39. The first-order valence-corrected chi connectivity index (χ1v) is 12.8. The first-order valence-electron chi connectivity index (χ1n) is 12.8. The number of allylic oxidation sites excluding steroid dienone is 1. The molecule has 4 nitrogen and oxygen atoms in total. The molecule has 0 radical (unpaired) electrons. The van der Waals surface area contributed by atoms with Gasteiger partial charge in [-0.05, 0) is 60.9 Å². The summed E-state index contributed by atoms with van der Waals surface area (Å²) in [5.74, 6) is 6.31. The maximum Gasteiger partial charge on any atom is 0.393 e. The molecule has 0 bridgehead atoms. The SMILES string of the molecule is C=C(N)CC(C#Cc1cc(C)ccn1)NC(=C)CN(CCC)C(=C)C1(c2ccc(CC(F)(F)F)cc2)CC1. The largest absolute Gasteiger partial charge is 0.402 e. The van der Waals surface area contributed by atoms with Gasteiger partial charge in [-0.1, -0.05) is 56.8 Å². The number of hydrogen-bond donors (Lipinski definition) is 2. The molecule has 1 unspecified atom stereocenters. The number of nitrogens with zero attached hydrogens (tertiary/aromatic N) is 2. The molecular formula is C31H37F3N4. The number of benzene rings is 1. The molecule has 1 heterocycles. The van der Waals surface area contributed by atoms with Gasteiger partial charge in [-0.2, -0.15) is 13.2 Å². The second kappa shape index (κ2) is 12.3. The van der Waals surface area contributed by atoms with Gasteiger partial charge in [0, 0.05) is 41.7 Å². The van der Waals surface area contributed by atoms with Crippen LogP contribution >= 0.6 is 0 Å². The quantitative estimate of drug-likeness (QED) is 0.329. The number of aromatic nitrogens is 1. The molecule has 0 saturated heterocycles. The minimum atomic E-state index is -4.22. The van der Waals surface area contributed by atoms with E-state index in [0.717, 1.165) is 48.3 Å². The third-order valence-electron chi connectivity index (χ3n) is 6.61. The topological polar surface area (TPSA) is 54.2 Å². The van der Waals surface area contributed by atoms with Crippen LogP contribution in [0.1, 0.15) is 55.0 Å². The summed E-state index contributed by atoms with van der Waals surface area (Å²) in [6.45, 7) is 17.9. The van der Waals surface area contributed by atoms with E-state index in [1.807, 2.05) is 31.2 Å². The number of halogens is 3. The molecule has 1 fully saturated rings. The summed E-state index contributed by atoms with van der Waals surface area (Å²) >= 11 is 0. The minimum absolute atomic E-state index is 0.256. The van der Waals surface area contributed by atoms with Gasteiger partial charge >= 0.3 is 6.18 Å². The van der Waals surface area contributed by atoms with Gasteiger partial charge in [-0.25, -0.2) is 4.98 Å². The number of aryl methyl sites for hydroxylation is 1. The average molecular weight is 523 g/mol. The smallest absolute Gasteiger partial charge is 0.393 e. The summed E-state index contributed by atoms with van der Waals surface area (Å²) in [5.41, 5.74) is 10.9. The molecule has 7 heteroatoms. The molecule has 2 aromatic rings. The molecule has 3 rings (SSSR count). The Labute approximate surface area is 224 Å². The Bertz CT molecular complexity index is 1210. The lowest BCUT2D eigenvalue weighted by Crippen LogP contribution is -2.37. The van der Waals surface area contributed by atoms with Crippen molar-refractivity contribution in [2.75, 3.05) is 13.1 Å². The van der Waals surface area contributed by atoms with Crippen LogP contribution in [-0.4, -0.2) is 35.2 Å². The Kier molecular flexibility index (Phi) is 9.32. The fourth-order valence-electron chi connectivity index (χ4n) is 4.61. The van der Waals surface area contributed by atoms with Crippen molar-refractivity contribution in [3.63, 3.8) is 0 Å². The summed E-state index contributed by atoms with van der Waals surface area (Å²) in [6.07, 6.45) is -0.217. The van der Waals surface area contributed by atoms with Gasteiger partial charge in [-0.15, -0.1) is 0 Å². The molecule has 1 aromatic carbocycles. The van der Waals surface area contributed by atoms with Crippen LogP contribution in [0.25, 0.3) is 0 Å². The van der Waals surface area contributed by atoms with Crippen molar-refractivity contribution in [1.82, 2.24) is 15.2 Å². The van der Waals surface area contributed by atoms with Crippen molar-refractivity contribution in [2.24, 2.45) is 5.73 Å². The van der Waals surface area contributed by atoms with E-state index < -0.39 is 12.6 Å². The Morgan fingerprint density at radius 2 is 1.87 bits per heavy atom. The molecule has 1 saturated carbocycles. The van der Waals surface area contributed by atoms with Gasteiger partial charge < -0.3 is 16.0 Å². The van der Waals surface area contributed by atoms with Crippen LogP contribution in [-0.2, 0) is 11.8 Å². The van der Waals surface area contributed by atoms with Gasteiger partial charge in [0.2, 0.25) is 0 Å². The second-order valence-electron chi connectivity index (χ2n) is 10.1. The fourth-order valence-corrected chi connectivity index (χ4v) is 4.61. The zero-order chi connectivity index (χ0) is 27.9. The van der Waals surface area contributed by atoms with E-state index in [0.29, 0.717) is 24.4 Å². The van der Waals surface area contributed by atoms with E-state index >= 15 is 0 Å². The number of rotatable bonds is 12. The third-order valence-corrected chi connectivity index (χ3v) is 6.61. The number of nitrogens with one attached hydrogen (secondary N) is 1. The highest BCUT2D eigenvalue weighted by Crippen LogP contribution is 2.54. The van der Waals surface area contributed by atoms with Crippen LogP contribution in [0.5, 0.6) is 0 Å². The van der Waals surface area contributed by atoms with Crippen LogP contribution in [0.4, 0.5) is 13.2 Å². The third kappa shape index (κ3) is 8.17. The van der Waals surface area contributed by atoms with Crippen LogP contribution in [0, 0.1) is 18.8 Å². The van der Waals surface area contributed by atoms with Gasteiger partial charge in [-0.3, -0.25) is 0 Å². The van der Waals surface area contributed by atoms with E-state index in [1.165, 1.54) is 0 Å². The lowest BCUT2D eigenvalue weighted by Gasteiger charge is -2.33. The monoisotopic (exact) mass is 522 g/mol. The molecule has 1 atom stereocenters. The van der Waals surface area contributed by atoms with Crippen LogP contribution in [0.15, 0.2) is 79.4 Å². The molecule has 0 aliphatic heterocycles. The highest BCUT2D eigenvalue weighted by atomic mass is 19.4. The van der Waals surface area contributed by atoms with Crippen molar-refractivity contribution in [3.8, 4) is 11.8 Å². The Balaban J connectivity index is 1.71. The van der Waals surface area contributed by atoms with E-state index in [9.17, 15) is 13.2 Å². The average Bonchev–Trinajstić information content (AvgIpc) is 3.63. The summed E-state index contributed by atoms with van der Waals surface area (Å²) in [4.78, 5) is 6.50. The second-order valence-corrected chi connectivity index (χ2v) is 10.1. The standard InChI is InChI=1S/C31H37F3N4/c1-6-17-38(25(5)30(14-15-30)27-9-7-26(8-10-27)20-31(32,33)34)21-24(4)37-29(19-23(3)35)12-11-28-18-22(2)13-16-36-28/h7-10,13,16,18,29,37H,3-6,14-15,17,19-21,35H2,1-2H3. The van der Waals surface area contributed by atoms with Gasteiger partial charge in [0.05, 0.1) is 19.0 Å². The summed E-state index contributed by atoms with van der Waals surface area (Å²) in [7, 11) is 0. The summed E-state index contributed by atoms with van der Waals surface area (Å²) < 4.78 is 38.3.